The van der Waals surface area contributed by atoms with Crippen LogP contribution >= 0.6 is 0 Å². The predicted octanol–water partition coefficient (Wildman–Crippen LogP) is 3.05. The van der Waals surface area contributed by atoms with Crippen molar-refractivity contribution in [1.82, 2.24) is 19.7 Å². The number of benzene rings is 2. The quantitative estimate of drug-likeness (QED) is 0.517. The summed E-state index contributed by atoms with van der Waals surface area (Å²) in [5, 5.41) is 2.81. The van der Waals surface area contributed by atoms with Crippen LogP contribution in [-0.2, 0) is 22.8 Å². The summed E-state index contributed by atoms with van der Waals surface area (Å²) in [7, 11) is -3.57. The van der Waals surface area contributed by atoms with Crippen LogP contribution in [0, 0.1) is 0 Å². The molecule has 4 rings (SSSR count). The predicted molar refractivity (Wildman–Crippen MR) is 112 cm³/mol. The third kappa shape index (κ3) is 3.95. The van der Waals surface area contributed by atoms with E-state index in [-0.39, 0.29) is 22.2 Å². The van der Waals surface area contributed by atoms with Gasteiger partial charge in [0, 0.05) is 31.3 Å². The molecule has 2 aromatic heterocycles. The number of aryl methyl sites for hydroxylation is 1. The van der Waals surface area contributed by atoms with Gasteiger partial charge in [0.15, 0.2) is 0 Å². The maximum absolute atomic E-state index is 12.8. The van der Waals surface area contributed by atoms with Crippen LogP contribution in [0.1, 0.15) is 28.4 Å². The number of hydrogen-bond acceptors (Lipinski definition) is 5. The smallest absolute Gasteiger partial charge is 0.254 e. The van der Waals surface area contributed by atoms with Crippen molar-refractivity contribution in [2.24, 2.45) is 0 Å². The van der Waals surface area contributed by atoms with Crippen LogP contribution in [0.4, 0.5) is 0 Å². The van der Waals surface area contributed by atoms with E-state index in [2.05, 4.69) is 15.3 Å². The van der Waals surface area contributed by atoms with Crippen molar-refractivity contribution in [3.63, 3.8) is 0 Å². The number of imidazole rings is 1. The fourth-order valence-electron chi connectivity index (χ4n) is 3.04. The minimum Gasteiger partial charge on any atom is -0.348 e. The number of rotatable bonds is 6. The van der Waals surface area contributed by atoms with Crippen LogP contribution in [-0.4, -0.2) is 28.7 Å². The highest BCUT2D eigenvalue weighted by atomic mass is 32.2. The van der Waals surface area contributed by atoms with Crippen molar-refractivity contribution < 1.29 is 13.2 Å². The summed E-state index contributed by atoms with van der Waals surface area (Å²) >= 11 is 0. The molecule has 0 aliphatic carbocycles. The topological polar surface area (TPSA) is 93.4 Å². The number of sulfone groups is 1. The molecule has 0 saturated carbocycles. The molecule has 152 valence electrons. The summed E-state index contributed by atoms with van der Waals surface area (Å²) in [6.45, 7) is 2.29. The highest BCUT2D eigenvalue weighted by molar-refractivity contribution is 7.91. The monoisotopic (exact) mass is 420 g/mol. The Hall–Kier alpha value is -3.52. The average Bonchev–Trinajstić information content (AvgIpc) is 3.25. The third-order valence-electron chi connectivity index (χ3n) is 4.84. The molecule has 0 spiro atoms. The van der Waals surface area contributed by atoms with Gasteiger partial charge in [-0.1, -0.05) is 31.2 Å². The lowest BCUT2D eigenvalue weighted by molar-refractivity contribution is 0.0950. The van der Waals surface area contributed by atoms with Gasteiger partial charge in [-0.25, -0.2) is 18.4 Å². The molecular formula is C22H20N4O3S. The van der Waals surface area contributed by atoms with Gasteiger partial charge in [-0.3, -0.25) is 9.20 Å². The first kappa shape index (κ1) is 19.8. The lowest BCUT2D eigenvalue weighted by Gasteiger charge is -2.08. The van der Waals surface area contributed by atoms with Crippen LogP contribution in [0.2, 0.25) is 0 Å². The molecule has 0 atom stereocenters. The number of nitrogens with zero attached hydrogens (tertiary/aromatic N) is 3. The second kappa shape index (κ2) is 8.08. The van der Waals surface area contributed by atoms with Crippen LogP contribution in [0.3, 0.4) is 0 Å². The molecule has 0 aliphatic heterocycles. The van der Waals surface area contributed by atoms with Crippen molar-refractivity contribution in [2.45, 2.75) is 29.7 Å². The van der Waals surface area contributed by atoms with Crippen LogP contribution in [0.5, 0.6) is 0 Å². The summed E-state index contributed by atoms with van der Waals surface area (Å²) < 4.78 is 27.3. The van der Waals surface area contributed by atoms with Crippen LogP contribution < -0.4 is 5.32 Å². The number of aromatic nitrogens is 3. The number of hydrogen-bond donors (Lipinski definition) is 1. The zero-order chi connectivity index (χ0) is 21.1. The number of nitrogens with one attached hydrogen (secondary N) is 1. The standard InChI is InChI=1S/C22H20N4O3S/c1-2-16-3-7-19(8-4-16)30(28,29)20-9-5-17(6-10-20)13-24-21(27)18-14-25-22-23-11-12-26(22)15-18/h3-12,14-15H,2,13H2,1H3,(H,24,27). The van der Waals surface area contributed by atoms with E-state index in [1.807, 2.05) is 19.1 Å². The Labute approximate surface area is 174 Å². The van der Waals surface area contributed by atoms with E-state index < -0.39 is 9.84 Å². The SMILES string of the molecule is CCc1ccc(S(=O)(=O)c2ccc(CNC(=O)c3cnc4nccn4c3)cc2)cc1. The maximum atomic E-state index is 12.8. The molecule has 0 radical (unpaired) electrons. The lowest BCUT2D eigenvalue weighted by Crippen LogP contribution is -2.23. The largest absolute Gasteiger partial charge is 0.348 e. The molecule has 4 aromatic rings. The van der Waals surface area contributed by atoms with Crippen LogP contribution in [0.25, 0.3) is 5.78 Å². The molecule has 8 heteroatoms. The Morgan fingerprint density at radius 3 is 2.23 bits per heavy atom. The van der Waals surface area contributed by atoms with Crippen molar-refractivity contribution >= 4 is 21.5 Å². The number of carbonyl (C=O) groups excluding carboxylic acids is 1. The van der Waals surface area contributed by atoms with E-state index in [0.717, 1.165) is 17.5 Å². The van der Waals surface area contributed by atoms with Crippen LogP contribution in [0.15, 0.2) is 83.1 Å². The van der Waals surface area contributed by atoms with E-state index in [9.17, 15) is 13.2 Å². The van der Waals surface area contributed by atoms with Gasteiger partial charge in [0.1, 0.15) is 0 Å². The Morgan fingerprint density at radius 2 is 1.60 bits per heavy atom. The van der Waals surface area contributed by atoms with Crippen molar-refractivity contribution in [3.8, 4) is 0 Å². The highest BCUT2D eigenvalue weighted by Crippen LogP contribution is 2.21. The molecule has 30 heavy (non-hydrogen) atoms. The molecule has 0 saturated heterocycles. The molecular weight excluding hydrogens is 400 g/mol. The van der Waals surface area contributed by atoms with Gasteiger partial charge >= 0.3 is 0 Å². The third-order valence-corrected chi connectivity index (χ3v) is 6.62. The summed E-state index contributed by atoms with van der Waals surface area (Å²) in [4.78, 5) is 21.0. The summed E-state index contributed by atoms with van der Waals surface area (Å²) in [6.07, 6.45) is 7.31. The van der Waals surface area contributed by atoms with Crippen molar-refractivity contribution in [3.05, 3.63) is 90.0 Å². The number of amides is 1. The van der Waals surface area contributed by atoms with Gasteiger partial charge in [-0.15, -0.1) is 0 Å². The zero-order valence-corrected chi connectivity index (χ0v) is 17.1. The summed E-state index contributed by atoms with van der Waals surface area (Å²) in [6, 6.07) is 13.4. The Balaban J connectivity index is 1.44. The molecule has 2 aromatic carbocycles. The first-order chi connectivity index (χ1) is 14.5. The molecule has 0 aliphatic rings. The van der Waals surface area contributed by atoms with Gasteiger partial charge in [0.25, 0.3) is 5.91 Å². The lowest BCUT2D eigenvalue weighted by atomic mass is 10.2. The minimum atomic E-state index is -3.57. The molecule has 1 N–H and O–H groups in total. The van der Waals surface area contributed by atoms with Gasteiger partial charge in [-0.2, -0.15) is 0 Å². The van der Waals surface area contributed by atoms with E-state index in [4.69, 9.17) is 0 Å². The van der Waals surface area contributed by atoms with Gasteiger partial charge in [0.05, 0.1) is 15.4 Å². The Bertz CT molecular complexity index is 1290. The molecule has 2 heterocycles. The molecule has 0 unspecified atom stereocenters. The van der Waals surface area contributed by atoms with Crippen molar-refractivity contribution in [2.75, 3.05) is 0 Å². The molecule has 0 fully saturated rings. The van der Waals surface area contributed by atoms with Crippen molar-refractivity contribution in [1.29, 1.82) is 0 Å². The normalized spacial score (nSPS) is 11.5. The Morgan fingerprint density at radius 1 is 0.967 bits per heavy atom. The second-order valence-electron chi connectivity index (χ2n) is 6.80. The first-order valence-corrected chi connectivity index (χ1v) is 11.0. The fourth-order valence-corrected chi connectivity index (χ4v) is 4.31. The average molecular weight is 420 g/mol. The van der Waals surface area contributed by atoms with Gasteiger partial charge in [-0.05, 0) is 41.8 Å². The van der Waals surface area contributed by atoms with E-state index in [0.29, 0.717) is 11.3 Å². The molecule has 0 bridgehead atoms. The molecule has 1 amide bonds. The fraction of sp³-hybridized carbons (Fsp3) is 0.136. The van der Waals surface area contributed by atoms with Gasteiger partial charge in [0.2, 0.25) is 15.6 Å². The van der Waals surface area contributed by atoms with E-state index >= 15 is 0 Å². The zero-order valence-electron chi connectivity index (χ0n) is 16.3. The summed E-state index contributed by atoms with van der Waals surface area (Å²) in [5.41, 5.74) is 2.29. The van der Waals surface area contributed by atoms with E-state index in [1.54, 1.807) is 59.4 Å². The number of fused-ring (bicyclic) bond motifs is 1. The maximum Gasteiger partial charge on any atom is 0.254 e. The number of carbonyl (C=O) groups is 1. The Kier molecular flexibility index (Phi) is 5.33. The molecule has 7 nitrogen and oxygen atoms in total. The first-order valence-electron chi connectivity index (χ1n) is 9.47. The second-order valence-corrected chi connectivity index (χ2v) is 8.75. The van der Waals surface area contributed by atoms with Gasteiger partial charge < -0.3 is 5.32 Å². The summed E-state index contributed by atoms with van der Waals surface area (Å²) in [5.74, 6) is 0.249. The highest BCUT2D eigenvalue weighted by Gasteiger charge is 2.17. The minimum absolute atomic E-state index is 0.219. The van der Waals surface area contributed by atoms with E-state index in [1.165, 1.54) is 6.20 Å².